The molecule has 4 unspecified atom stereocenters. The van der Waals surface area contributed by atoms with E-state index < -0.39 is 0 Å². The second-order valence-electron chi connectivity index (χ2n) is 6.88. The molecule has 0 amide bonds. The number of rotatable bonds is 2. The molecule has 0 aromatic rings. The van der Waals surface area contributed by atoms with Gasteiger partial charge in [-0.2, -0.15) is 0 Å². The summed E-state index contributed by atoms with van der Waals surface area (Å²) in [6.45, 7) is 6.44. The molecule has 2 aliphatic carbocycles. The smallest absolute Gasteiger partial charge is 0.311 e. The molecule has 1 aliphatic heterocycles. The van der Waals surface area contributed by atoms with Gasteiger partial charge in [-0.1, -0.05) is 6.92 Å². The first-order valence-corrected chi connectivity index (χ1v) is 7.65. The Labute approximate surface area is 121 Å². The van der Waals surface area contributed by atoms with Gasteiger partial charge in [-0.25, -0.2) is 0 Å². The maximum absolute atomic E-state index is 11.2. The van der Waals surface area contributed by atoms with Crippen molar-refractivity contribution in [1.82, 2.24) is 0 Å². The predicted molar refractivity (Wildman–Crippen MR) is 74.9 cm³/mol. The Balaban J connectivity index is 0.000000152. The molecule has 1 saturated heterocycles. The van der Waals surface area contributed by atoms with Gasteiger partial charge in [0.25, 0.3) is 0 Å². The van der Waals surface area contributed by atoms with Crippen LogP contribution in [0.1, 0.15) is 46.5 Å². The maximum atomic E-state index is 11.2. The predicted octanol–water partition coefficient (Wildman–Crippen LogP) is 2.80. The van der Waals surface area contributed by atoms with E-state index in [4.69, 9.17) is 4.74 Å². The number of hydrogen-bond acceptors (Lipinski definition) is 4. The summed E-state index contributed by atoms with van der Waals surface area (Å²) in [5.74, 6) is 2.42. The zero-order valence-electron chi connectivity index (χ0n) is 13.0. The lowest BCUT2D eigenvalue weighted by atomic mass is 9.81. The topological polar surface area (TPSA) is 52.6 Å². The first-order valence-electron chi connectivity index (χ1n) is 7.65. The average Bonchev–Trinajstić information content (AvgIpc) is 3.13. The van der Waals surface area contributed by atoms with Crippen molar-refractivity contribution in [3.63, 3.8) is 0 Å². The summed E-state index contributed by atoms with van der Waals surface area (Å²) in [6.07, 6.45) is 4.76. The molecule has 0 spiro atoms. The van der Waals surface area contributed by atoms with E-state index in [0.29, 0.717) is 17.8 Å². The Morgan fingerprint density at radius 2 is 2.00 bits per heavy atom. The van der Waals surface area contributed by atoms with Gasteiger partial charge >= 0.3 is 11.9 Å². The summed E-state index contributed by atoms with van der Waals surface area (Å²) in [5.41, 5.74) is -0.311. The summed E-state index contributed by atoms with van der Waals surface area (Å²) in [5, 5.41) is 0. The van der Waals surface area contributed by atoms with Crippen LogP contribution in [0.4, 0.5) is 0 Å². The van der Waals surface area contributed by atoms with Gasteiger partial charge in [-0.05, 0) is 51.4 Å². The van der Waals surface area contributed by atoms with E-state index >= 15 is 0 Å². The van der Waals surface area contributed by atoms with Crippen LogP contribution in [-0.2, 0) is 19.1 Å². The van der Waals surface area contributed by atoms with Crippen molar-refractivity contribution in [2.75, 3.05) is 13.7 Å². The highest BCUT2D eigenvalue weighted by molar-refractivity contribution is 5.76. The van der Waals surface area contributed by atoms with Crippen LogP contribution in [0.5, 0.6) is 0 Å². The van der Waals surface area contributed by atoms with Crippen LogP contribution in [0.2, 0.25) is 0 Å². The number of ether oxygens (including phenoxy) is 2. The Bertz CT molecular complexity index is 388. The van der Waals surface area contributed by atoms with Gasteiger partial charge in [0.15, 0.2) is 0 Å². The van der Waals surface area contributed by atoms with Gasteiger partial charge in [0, 0.05) is 5.92 Å². The summed E-state index contributed by atoms with van der Waals surface area (Å²) in [4.78, 5) is 22.1. The fourth-order valence-corrected chi connectivity index (χ4v) is 3.71. The van der Waals surface area contributed by atoms with Crippen LogP contribution in [0, 0.1) is 29.1 Å². The summed E-state index contributed by atoms with van der Waals surface area (Å²) >= 11 is 0. The Morgan fingerprint density at radius 3 is 2.50 bits per heavy atom. The Kier molecular flexibility index (Phi) is 4.40. The van der Waals surface area contributed by atoms with E-state index in [2.05, 4.69) is 4.74 Å². The first-order chi connectivity index (χ1) is 9.40. The lowest BCUT2D eigenvalue weighted by molar-refractivity contribution is -0.150. The van der Waals surface area contributed by atoms with Crippen molar-refractivity contribution in [3.05, 3.63) is 0 Å². The zero-order chi connectivity index (χ0) is 14.9. The molecule has 3 aliphatic rings. The molecule has 114 valence electrons. The number of carbonyl (C=O) groups excluding carboxylic acids is 2. The lowest BCUT2D eigenvalue weighted by Crippen LogP contribution is -2.24. The van der Waals surface area contributed by atoms with Crippen molar-refractivity contribution in [2.24, 2.45) is 29.1 Å². The van der Waals surface area contributed by atoms with Crippen molar-refractivity contribution >= 4 is 11.9 Å². The van der Waals surface area contributed by atoms with Crippen LogP contribution in [-0.4, -0.2) is 25.7 Å². The number of hydrogen-bond donors (Lipinski definition) is 0. The SMILES string of the molecule is CCC(C)(C)C(=O)OC.O=C1OCC2C3CCC(C3)C12. The summed E-state index contributed by atoms with van der Waals surface area (Å²) in [6, 6.07) is 0. The van der Waals surface area contributed by atoms with E-state index in [9.17, 15) is 9.59 Å². The molecule has 1 heterocycles. The van der Waals surface area contributed by atoms with Gasteiger partial charge in [-0.15, -0.1) is 0 Å². The normalized spacial score (nSPS) is 34.1. The lowest BCUT2D eigenvalue weighted by Gasteiger charge is -2.19. The van der Waals surface area contributed by atoms with E-state index in [1.807, 2.05) is 20.8 Å². The number of methoxy groups -OCH3 is 1. The minimum atomic E-state index is -0.311. The third-order valence-electron chi connectivity index (χ3n) is 5.40. The van der Waals surface area contributed by atoms with E-state index in [0.717, 1.165) is 18.9 Å². The third kappa shape index (κ3) is 2.70. The fourth-order valence-electron chi connectivity index (χ4n) is 3.71. The number of carbonyl (C=O) groups is 2. The molecule has 3 rings (SSSR count). The Hall–Kier alpha value is -1.06. The van der Waals surface area contributed by atoms with Gasteiger partial charge in [-0.3, -0.25) is 9.59 Å². The third-order valence-corrected chi connectivity index (χ3v) is 5.40. The highest BCUT2D eigenvalue weighted by atomic mass is 16.5. The molecule has 0 aromatic carbocycles. The molecule has 20 heavy (non-hydrogen) atoms. The minimum absolute atomic E-state index is 0.0993. The largest absolute Gasteiger partial charge is 0.469 e. The molecule has 2 saturated carbocycles. The molecule has 0 N–H and O–H groups in total. The van der Waals surface area contributed by atoms with Crippen molar-refractivity contribution < 1.29 is 19.1 Å². The van der Waals surface area contributed by atoms with Gasteiger partial charge in [0.1, 0.15) is 0 Å². The minimum Gasteiger partial charge on any atom is -0.469 e. The number of cyclic esters (lactones) is 1. The van der Waals surface area contributed by atoms with Gasteiger partial charge in [0.2, 0.25) is 0 Å². The van der Waals surface area contributed by atoms with E-state index in [1.54, 1.807) is 0 Å². The molecule has 0 aromatic heterocycles. The van der Waals surface area contributed by atoms with Crippen LogP contribution in [0.3, 0.4) is 0 Å². The maximum Gasteiger partial charge on any atom is 0.311 e. The van der Waals surface area contributed by atoms with E-state index in [-0.39, 0.29) is 17.4 Å². The monoisotopic (exact) mass is 282 g/mol. The van der Waals surface area contributed by atoms with Crippen molar-refractivity contribution in [1.29, 1.82) is 0 Å². The fraction of sp³-hybridized carbons (Fsp3) is 0.875. The molecule has 0 radical (unpaired) electrons. The second kappa shape index (κ2) is 5.74. The summed E-state index contributed by atoms with van der Waals surface area (Å²) < 4.78 is 9.63. The molecule has 2 bridgehead atoms. The van der Waals surface area contributed by atoms with Crippen LogP contribution in [0.25, 0.3) is 0 Å². The standard InChI is InChI=1S/C9H12O2.C7H14O2/c10-9-8-6-2-1-5(3-6)7(8)4-11-9;1-5-7(2,3)6(8)9-4/h5-8H,1-4H2;5H2,1-4H3. The number of fused-ring (bicyclic) bond motifs is 5. The van der Waals surface area contributed by atoms with Crippen molar-refractivity contribution in [2.45, 2.75) is 46.5 Å². The molecular formula is C16H26O4. The highest BCUT2D eigenvalue weighted by Gasteiger charge is 2.54. The molecule has 4 heteroatoms. The van der Waals surface area contributed by atoms with Gasteiger partial charge < -0.3 is 9.47 Å². The first kappa shape index (κ1) is 15.3. The highest BCUT2D eigenvalue weighted by Crippen LogP contribution is 2.54. The summed E-state index contributed by atoms with van der Waals surface area (Å²) in [7, 11) is 1.42. The van der Waals surface area contributed by atoms with E-state index in [1.165, 1.54) is 26.4 Å². The average molecular weight is 282 g/mol. The van der Waals surface area contributed by atoms with Crippen LogP contribution in [0.15, 0.2) is 0 Å². The van der Waals surface area contributed by atoms with Gasteiger partial charge in [0.05, 0.1) is 25.0 Å². The molecule has 4 nitrogen and oxygen atoms in total. The molecule has 4 atom stereocenters. The zero-order valence-corrected chi connectivity index (χ0v) is 13.0. The molecular weight excluding hydrogens is 256 g/mol. The van der Waals surface area contributed by atoms with Crippen LogP contribution < -0.4 is 0 Å². The van der Waals surface area contributed by atoms with Crippen molar-refractivity contribution in [3.8, 4) is 0 Å². The second-order valence-corrected chi connectivity index (χ2v) is 6.88. The molecule has 3 fully saturated rings. The van der Waals surface area contributed by atoms with Crippen LogP contribution >= 0.6 is 0 Å². The number of esters is 2. The Morgan fingerprint density at radius 1 is 1.35 bits per heavy atom. The quantitative estimate of drug-likeness (QED) is 0.731.